The van der Waals surface area contributed by atoms with Gasteiger partial charge in [-0.05, 0) is 62.3 Å². The second-order valence-electron chi connectivity index (χ2n) is 10.7. The molecule has 4 heteroatoms. The predicted molar refractivity (Wildman–Crippen MR) is 204 cm³/mol. The van der Waals surface area contributed by atoms with Gasteiger partial charge in [-0.15, -0.1) is 11.3 Å². The van der Waals surface area contributed by atoms with E-state index in [1.54, 1.807) is 0 Å². The summed E-state index contributed by atoms with van der Waals surface area (Å²) in [5, 5.41) is 5.26. The van der Waals surface area contributed by atoms with Gasteiger partial charge in [0.05, 0.1) is 23.3 Å². The molecule has 7 rings (SSSR count). The highest BCUT2D eigenvalue weighted by Crippen LogP contribution is 2.42. The van der Waals surface area contributed by atoms with E-state index in [0.29, 0.717) is 6.54 Å². The molecule has 2 aromatic heterocycles. The Morgan fingerprint density at radius 3 is 2.13 bits per heavy atom. The lowest BCUT2D eigenvalue weighted by Gasteiger charge is -2.10. The van der Waals surface area contributed by atoms with Crippen LogP contribution in [0.2, 0.25) is 0 Å². The lowest BCUT2D eigenvalue weighted by Crippen LogP contribution is -1.94. The van der Waals surface area contributed by atoms with E-state index in [-0.39, 0.29) is 0 Å². The van der Waals surface area contributed by atoms with Crippen LogP contribution in [0.15, 0.2) is 168 Å². The number of aliphatic imine (C=N–C) groups is 2. The number of allylic oxidation sites excluding steroid dienone is 7. The quantitative estimate of drug-likeness (QED) is 0.121. The minimum atomic E-state index is 0.646. The van der Waals surface area contributed by atoms with Crippen molar-refractivity contribution in [2.45, 2.75) is 13.5 Å². The lowest BCUT2D eigenvalue weighted by atomic mass is 10.1. The normalized spacial score (nSPS) is 12.2. The molecule has 0 aliphatic carbocycles. The number of hydrogen-bond donors (Lipinski definition) is 0. The lowest BCUT2D eigenvalue weighted by molar-refractivity contribution is 1.07. The molecular weight excluding hydrogens is 579 g/mol. The summed E-state index contributed by atoms with van der Waals surface area (Å²) in [6, 6.07) is 40.7. The number of benzene rings is 5. The summed E-state index contributed by atoms with van der Waals surface area (Å²) in [6.45, 7) is 9.83. The van der Waals surface area contributed by atoms with Crippen LogP contribution in [0.4, 0.5) is 0 Å². The first-order chi connectivity index (χ1) is 22.7. The van der Waals surface area contributed by atoms with Gasteiger partial charge in [0.1, 0.15) is 0 Å². The molecule has 0 amide bonds. The van der Waals surface area contributed by atoms with E-state index in [0.717, 1.165) is 11.3 Å². The predicted octanol–water partition coefficient (Wildman–Crippen LogP) is 11.8. The van der Waals surface area contributed by atoms with Gasteiger partial charge in [-0.3, -0.25) is 9.98 Å². The second-order valence-corrected chi connectivity index (χ2v) is 11.8. The number of aromatic nitrogens is 1. The van der Waals surface area contributed by atoms with Crippen LogP contribution < -0.4 is 0 Å². The molecule has 0 fully saturated rings. The van der Waals surface area contributed by atoms with E-state index in [1.807, 2.05) is 91.1 Å². The number of nitrogens with zero attached hydrogens (tertiary/aromatic N) is 3. The number of para-hydroxylation sites is 1. The molecule has 0 bridgehead atoms. The zero-order valence-electron chi connectivity index (χ0n) is 25.9. The van der Waals surface area contributed by atoms with Gasteiger partial charge in [0.2, 0.25) is 0 Å². The summed E-state index contributed by atoms with van der Waals surface area (Å²) >= 11 is 1.87. The van der Waals surface area contributed by atoms with Crippen LogP contribution in [-0.4, -0.2) is 18.0 Å². The maximum atomic E-state index is 4.01. The molecule has 0 aliphatic rings. The van der Waals surface area contributed by atoms with Crippen molar-refractivity contribution in [3.8, 4) is 5.69 Å². The molecule has 0 N–H and O–H groups in total. The average Bonchev–Trinajstić information content (AvgIpc) is 3.65. The number of fused-ring (bicyclic) bond motifs is 7. The van der Waals surface area contributed by atoms with Crippen molar-refractivity contribution >= 4 is 72.4 Å². The second kappa shape index (κ2) is 14.5. The standard InChI is InChI=1S/C26H18N2S.C16H17N/c1-27-16-17-10-12-18(13-11-17)28-22-8-4-2-6-19(22)20-14-15-24-25(26(20)28)21-7-3-5-9-23(21)29-24;1-3-4-5-6-7-11-14-16(17-2)15-12-9-8-10-13-15/h2-15H,1,16H2;3-14H,2H2,1H3/b;4-3+,6-5-,11-7-,16-14-. The fourth-order valence-corrected chi connectivity index (χ4v) is 6.82. The Kier molecular flexibility index (Phi) is 9.58. The van der Waals surface area contributed by atoms with Crippen molar-refractivity contribution in [3.05, 3.63) is 169 Å². The molecule has 7 aromatic rings. The first kappa shape index (κ1) is 30.4. The molecule has 0 radical (unpaired) electrons. The molecule has 3 nitrogen and oxygen atoms in total. The van der Waals surface area contributed by atoms with E-state index in [9.17, 15) is 0 Å². The van der Waals surface area contributed by atoms with Crippen LogP contribution in [0.25, 0.3) is 53.4 Å². The summed E-state index contributed by atoms with van der Waals surface area (Å²) in [5.41, 5.74) is 6.82. The monoisotopic (exact) mass is 613 g/mol. The molecule has 5 aromatic carbocycles. The van der Waals surface area contributed by atoms with Gasteiger partial charge in [0.25, 0.3) is 0 Å². The van der Waals surface area contributed by atoms with E-state index in [2.05, 4.69) is 113 Å². The van der Waals surface area contributed by atoms with Gasteiger partial charge < -0.3 is 4.57 Å². The van der Waals surface area contributed by atoms with Gasteiger partial charge in [-0.2, -0.15) is 0 Å². The van der Waals surface area contributed by atoms with Gasteiger partial charge in [0.15, 0.2) is 0 Å². The van der Waals surface area contributed by atoms with E-state index >= 15 is 0 Å². The topological polar surface area (TPSA) is 29.6 Å². The third-order valence-corrected chi connectivity index (χ3v) is 8.93. The Balaban J connectivity index is 0.000000188. The molecule has 0 spiro atoms. The molecule has 0 saturated heterocycles. The van der Waals surface area contributed by atoms with Crippen molar-refractivity contribution in [1.29, 1.82) is 0 Å². The molecular formula is C42H35N3S. The molecule has 0 saturated carbocycles. The summed E-state index contributed by atoms with van der Waals surface area (Å²) < 4.78 is 5.08. The van der Waals surface area contributed by atoms with E-state index < -0.39 is 0 Å². The minimum absolute atomic E-state index is 0.646. The van der Waals surface area contributed by atoms with Gasteiger partial charge in [-0.1, -0.05) is 121 Å². The fourth-order valence-electron chi connectivity index (χ4n) is 5.71. The zero-order valence-corrected chi connectivity index (χ0v) is 26.7. The molecule has 0 unspecified atom stereocenters. The van der Waals surface area contributed by atoms with Crippen LogP contribution >= 0.6 is 11.3 Å². The van der Waals surface area contributed by atoms with Gasteiger partial charge in [0, 0.05) is 42.2 Å². The molecule has 0 atom stereocenters. The number of rotatable bonds is 8. The van der Waals surface area contributed by atoms with Crippen molar-refractivity contribution in [2.75, 3.05) is 0 Å². The molecule has 46 heavy (non-hydrogen) atoms. The number of hydrogen-bond acceptors (Lipinski definition) is 3. The Labute approximate surface area is 274 Å². The Bertz CT molecular complexity index is 2260. The third kappa shape index (κ3) is 6.30. The Morgan fingerprint density at radius 2 is 1.37 bits per heavy atom. The largest absolute Gasteiger partial charge is 0.309 e. The maximum Gasteiger partial charge on any atom is 0.0694 e. The molecule has 224 valence electrons. The smallest absolute Gasteiger partial charge is 0.0694 e. The zero-order chi connectivity index (χ0) is 31.7. The SMILES string of the molecule is C=NCc1ccc(-n2c3ccccc3c3ccc4sc5ccccc5c4c32)cc1.C=N\C(=C/C=C\C=C/C=C/C)c1ccccc1. The van der Waals surface area contributed by atoms with Crippen molar-refractivity contribution in [1.82, 2.24) is 4.57 Å². The Morgan fingerprint density at radius 1 is 0.674 bits per heavy atom. The van der Waals surface area contributed by atoms with Gasteiger partial charge >= 0.3 is 0 Å². The molecule has 2 heterocycles. The first-order valence-corrected chi connectivity index (χ1v) is 16.1. The summed E-state index contributed by atoms with van der Waals surface area (Å²) in [6.07, 6.45) is 13.8. The van der Waals surface area contributed by atoms with Crippen LogP contribution in [0.5, 0.6) is 0 Å². The molecule has 0 aliphatic heterocycles. The van der Waals surface area contributed by atoms with Crippen LogP contribution in [-0.2, 0) is 6.54 Å². The van der Waals surface area contributed by atoms with E-state index in [4.69, 9.17) is 0 Å². The van der Waals surface area contributed by atoms with Crippen molar-refractivity contribution in [3.63, 3.8) is 0 Å². The first-order valence-electron chi connectivity index (χ1n) is 15.3. The highest BCUT2D eigenvalue weighted by molar-refractivity contribution is 7.26. The fraction of sp³-hybridized carbons (Fsp3) is 0.0476. The van der Waals surface area contributed by atoms with Crippen LogP contribution in [0.3, 0.4) is 0 Å². The average molecular weight is 614 g/mol. The summed E-state index contributed by atoms with van der Waals surface area (Å²) in [4.78, 5) is 8.02. The Hall–Kier alpha value is -5.58. The number of thiophene rings is 1. The van der Waals surface area contributed by atoms with Crippen molar-refractivity contribution < 1.29 is 0 Å². The van der Waals surface area contributed by atoms with Crippen molar-refractivity contribution in [2.24, 2.45) is 9.98 Å². The summed E-state index contributed by atoms with van der Waals surface area (Å²) in [7, 11) is 0. The highest BCUT2D eigenvalue weighted by atomic mass is 32.1. The maximum absolute atomic E-state index is 4.01. The summed E-state index contributed by atoms with van der Waals surface area (Å²) in [5.74, 6) is 0. The highest BCUT2D eigenvalue weighted by Gasteiger charge is 2.17. The minimum Gasteiger partial charge on any atom is -0.309 e. The third-order valence-electron chi connectivity index (χ3n) is 7.79. The van der Waals surface area contributed by atoms with Crippen LogP contribution in [0, 0.1) is 0 Å². The van der Waals surface area contributed by atoms with Crippen LogP contribution in [0.1, 0.15) is 18.1 Å². The van der Waals surface area contributed by atoms with E-state index in [1.165, 1.54) is 53.2 Å². The van der Waals surface area contributed by atoms with Gasteiger partial charge in [-0.25, -0.2) is 0 Å².